The van der Waals surface area contributed by atoms with Gasteiger partial charge in [-0.1, -0.05) is 0 Å². The van der Waals surface area contributed by atoms with Crippen LogP contribution in [0.1, 0.15) is 25.5 Å². The summed E-state index contributed by atoms with van der Waals surface area (Å²) in [5.41, 5.74) is 0.974. The van der Waals surface area contributed by atoms with Gasteiger partial charge in [0.2, 0.25) is 5.95 Å². The molecule has 0 amide bonds. The summed E-state index contributed by atoms with van der Waals surface area (Å²) < 4.78 is 0. The summed E-state index contributed by atoms with van der Waals surface area (Å²) in [6.07, 6.45) is 1.85. The molecule has 2 rings (SSSR count). The van der Waals surface area contributed by atoms with Crippen LogP contribution in [0.5, 0.6) is 0 Å². The van der Waals surface area contributed by atoms with Crippen LogP contribution in [0.25, 0.3) is 0 Å². The molecule has 0 radical (unpaired) electrons. The molecule has 5 nitrogen and oxygen atoms in total. The normalized spacial score (nSPS) is 18.8. The number of nitrogens with zero attached hydrogens (tertiary/aromatic N) is 3. The topological polar surface area (TPSA) is 61.3 Å². The summed E-state index contributed by atoms with van der Waals surface area (Å²) in [7, 11) is 1.83. The van der Waals surface area contributed by atoms with Gasteiger partial charge in [-0.2, -0.15) is 4.98 Å². The maximum Gasteiger partial charge on any atom is 0.224 e. The van der Waals surface area contributed by atoms with E-state index in [-0.39, 0.29) is 6.10 Å². The van der Waals surface area contributed by atoms with E-state index in [0.717, 1.165) is 37.4 Å². The fraction of sp³-hybridized carbons (Fsp3) is 0.692. The van der Waals surface area contributed by atoms with Crippen molar-refractivity contribution in [1.29, 1.82) is 0 Å². The van der Waals surface area contributed by atoms with Gasteiger partial charge in [0.05, 0.1) is 6.10 Å². The quantitative estimate of drug-likeness (QED) is 0.849. The third kappa shape index (κ3) is 2.90. The number of rotatable bonds is 3. The van der Waals surface area contributed by atoms with E-state index in [1.807, 2.05) is 27.0 Å². The van der Waals surface area contributed by atoms with E-state index in [4.69, 9.17) is 0 Å². The van der Waals surface area contributed by atoms with Crippen molar-refractivity contribution in [3.8, 4) is 0 Å². The summed E-state index contributed by atoms with van der Waals surface area (Å²) in [6.45, 7) is 5.77. The van der Waals surface area contributed by atoms with Crippen LogP contribution in [0.15, 0.2) is 6.07 Å². The van der Waals surface area contributed by atoms with Crippen LogP contribution in [0.4, 0.5) is 11.8 Å². The monoisotopic (exact) mass is 250 g/mol. The number of aryl methyl sites for hydroxylation is 1. The molecule has 0 spiro atoms. The van der Waals surface area contributed by atoms with Crippen molar-refractivity contribution in [3.63, 3.8) is 0 Å². The van der Waals surface area contributed by atoms with Gasteiger partial charge in [0.15, 0.2) is 0 Å². The van der Waals surface area contributed by atoms with Gasteiger partial charge in [-0.3, -0.25) is 0 Å². The van der Waals surface area contributed by atoms with Crippen molar-refractivity contribution in [2.75, 3.05) is 30.4 Å². The van der Waals surface area contributed by atoms with Crippen molar-refractivity contribution in [2.24, 2.45) is 5.92 Å². The molecule has 0 aromatic carbocycles. The van der Waals surface area contributed by atoms with E-state index in [2.05, 4.69) is 20.2 Å². The Morgan fingerprint density at radius 1 is 1.39 bits per heavy atom. The lowest BCUT2D eigenvalue weighted by Gasteiger charge is -2.34. The molecule has 1 fully saturated rings. The SMILES string of the molecule is CNc1nc(C)cc(N2CCC(C(C)O)CC2)n1. The maximum atomic E-state index is 9.61. The van der Waals surface area contributed by atoms with E-state index in [9.17, 15) is 5.11 Å². The maximum absolute atomic E-state index is 9.61. The second-order valence-corrected chi connectivity index (χ2v) is 5.01. The highest BCUT2D eigenvalue weighted by molar-refractivity contribution is 5.44. The summed E-state index contributed by atoms with van der Waals surface area (Å²) in [6, 6.07) is 2.02. The van der Waals surface area contributed by atoms with Gasteiger partial charge in [-0.05, 0) is 32.6 Å². The molecular weight excluding hydrogens is 228 g/mol. The Balaban J connectivity index is 2.07. The van der Waals surface area contributed by atoms with Crippen LogP contribution in [0.3, 0.4) is 0 Å². The average Bonchev–Trinajstić information content (AvgIpc) is 2.38. The minimum Gasteiger partial charge on any atom is -0.393 e. The third-order valence-electron chi connectivity index (χ3n) is 3.61. The Morgan fingerprint density at radius 2 is 2.06 bits per heavy atom. The Labute approximate surface area is 108 Å². The Hall–Kier alpha value is -1.36. The van der Waals surface area contributed by atoms with Crippen LogP contribution in [0, 0.1) is 12.8 Å². The summed E-state index contributed by atoms with van der Waals surface area (Å²) in [5.74, 6) is 2.08. The van der Waals surface area contributed by atoms with Gasteiger partial charge in [0.1, 0.15) is 5.82 Å². The van der Waals surface area contributed by atoms with Crippen LogP contribution in [0.2, 0.25) is 0 Å². The van der Waals surface area contributed by atoms with Crippen molar-refractivity contribution in [1.82, 2.24) is 9.97 Å². The fourth-order valence-electron chi connectivity index (χ4n) is 2.44. The molecule has 1 unspecified atom stereocenters. The summed E-state index contributed by atoms with van der Waals surface area (Å²) in [4.78, 5) is 11.1. The first-order valence-corrected chi connectivity index (χ1v) is 6.56. The lowest BCUT2D eigenvalue weighted by atomic mass is 9.92. The minimum atomic E-state index is -0.202. The molecular formula is C13H22N4O. The second kappa shape index (κ2) is 5.52. The van der Waals surface area contributed by atoms with Gasteiger partial charge in [0, 0.05) is 31.9 Å². The number of aliphatic hydroxyl groups is 1. The molecule has 5 heteroatoms. The van der Waals surface area contributed by atoms with Gasteiger partial charge in [-0.15, -0.1) is 0 Å². The molecule has 1 aliphatic rings. The van der Waals surface area contributed by atoms with Crippen LogP contribution < -0.4 is 10.2 Å². The van der Waals surface area contributed by atoms with Crippen molar-refractivity contribution in [2.45, 2.75) is 32.8 Å². The first kappa shape index (κ1) is 13.1. The lowest BCUT2D eigenvalue weighted by Crippen LogP contribution is -2.37. The summed E-state index contributed by atoms with van der Waals surface area (Å²) >= 11 is 0. The molecule has 1 atom stereocenters. The molecule has 1 saturated heterocycles. The number of hydrogen-bond acceptors (Lipinski definition) is 5. The number of anilines is 2. The van der Waals surface area contributed by atoms with E-state index in [1.165, 1.54) is 0 Å². The number of aromatic nitrogens is 2. The molecule has 1 aromatic rings. The highest BCUT2D eigenvalue weighted by Crippen LogP contribution is 2.24. The summed E-state index contributed by atoms with van der Waals surface area (Å²) in [5, 5.41) is 12.6. The van der Waals surface area contributed by atoms with Gasteiger partial charge >= 0.3 is 0 Å². The Bertz CT molecular complexity index is 400. The number of aliphatic hydroxyl groups excluding tert-OH is 1. The van der Waals surface area contributed by atoms with E-state index >= 15 is 0 Å². The van der Waals surface area contributed by atoms with Gasteiger partial charge in [-0.25, -0.2) is 4.98 Å². The largest absolute Gasteiger partial charge is 0.393 e. The highest BCUT2D eigenvalue weighted by atomic mass is 16.3. The number of hydrogen-bond donors (Lipinski definition) is 2. The molecule has 0 bridgehead atoms. The van der Waals surface area contributed by atoms with Crippen molar-refractivity contribution < 1.29 is 5.11 Å². The molecule has 1 aliphatic heterocycles. The average molecular weight is 250 g/mol. The van der Waals surface area contributed by atoms with E-state index < -0.39 is 0 Å². The standard InChI is InChI=1S/C13H22N4O/c1-9-8-12(16-13(14-3)15-9)17-6-4-11(5-7-17)10(2)18/h8,10-11,18H,4-7H2,1-3H3,(H,14,15,16). The predicted octanol–water partition coefficient (Wildman–Crippen LogP) is 1.42. The van der Waals surface area contributed by atoms with E-state index in [0.29, 0.717) is 11.9 Å². The predicted molar refractivity (Wildman–Crippen MR) is 72.9 cm³/mol. The third-order valence-corrected chi connectivity index (χ3v) is 3.61. The van der Waals surface area contributed by atoms with Crippen LogP contribution >= 0.6 is 0 Å². The van der Waals surface area contributed by atoms with Gasteiger partial charge in [0.25, 0.3) is 0 Å². The smallest absolute Gasteiger partial charge is 0.224 e. The fourth-order valence-corrected chi connectivity index (χ4v) is 2.44. The molecule has 1 aromatic heterocycles. The molecule has 2 heterocycles. The molecule has 0 saturated carbocycles. The molecule has 18 heavy (non-hydrogen) atoms. The van der Waals surface area contributed by atoms with E-state index in [1.54, 1.807) is 0 Å². The Morgan fingerprint density at radius 3 is 2.61 bits per heavy atom. The molecule has 100 valence electrons. The number of nitrogens with one attached hydrogen (secondary N) is 1. The van der Waals surface area contributed by atoms with Crippen LogP contribution in [-0.2, 0) is 0 Å². The van der Waals surface area contributed by atoms with Gasteiger partial charge < -0.3 is 15.3 Å². The first-order valence-electron chi connectivity index (χ1n) is 6.56. The minimum absolute atomic E-state index is 0.202. The first-order chi connectivity index (χ1) is 8.60. The molecule has 0 aliphatic carbocycles. The highest BCUT2D eigenvalue weighted by Gasteiger charge is 2.23. The molecule has 2 N–H and O–H groups in total. The number of piperidine rings is 1. The zero-order chi connectivity index (χ0) is 13.1. The van der Waals surface area contributed by atoms with Crippen molar-refractivity contribution >= 4 is 11.8 Å². The lowest BCUT2D eigenvalue weighted by molar-refractivity contribution is 0.110. The van der Waals surface area contributed by atoms with Crippen LogP contribution in [-0.4, -0.2) is 41.3 Å². The zero-order valence-electron chi connectivity index (χ0n) is 11.3. The Kier molecular flexibility index (Phi) is 4.01. The zero-order valence-corrected chi connectivity index (χ0v) is 11.3. The van der Waals surface area contributed by atoms with Crippen molar-refractivity contribution in [3.05, 3.63) is 11.8 Å². The second-order valence-electron chi connectivity index (χ2n) is 5.01.